The first kappa shape index (κ1) is 20.2. The van der Waals surface area contributed by atoms with E-state index in [1.807, 2.05) is 6.07 Å². The normalized spacial score (nSPS) is 26.1. The molecule has 0 spiro atoms. The maximum atomic E-state index is 13.2. The Balaban J connectivity index is 1.82. The van der Waals surface area contributed by atoms with Crippen LogP contribution in [0.2, 0.25) is 0 Å². The van der Waals surface area contributed by atoms with Gasteiger partial charge in [0.2, 0.25) is 0 Å². The Morgan fingerprint density at radius 1 is 1.21 bits per heavy atom. The van der Waals surface area contributed by atoms with Gasteiger partial charge in [-0.3, -0.25) is 4.79 Å². The van der Waals surface area contributed by atoms with Crippen LogP contribution in [0.5, 0.6) is 0 Å². The number of nitrogens with one attached hydrogen (secondary N) is 1. The van der Waals surface area contributed by atoms with Crippen molar-refractivity contribution in [3.63, 3.8) is 0 Å². The molecule has 0 unspecified atom stereocenters. The fourth-order valence-electron chi connectivity index (χ4n) is 4.49. The number of methoxy groups -OCH3 is 1. The molecule has 2 amide bonds. The van der Waals surface area contributed by atoms with Gasteiger partial charge in [-0.15, -0.1) is 0 Å². The highest BCUT2D eigenvalue weighted by Crippen LogP contribution is 2.51. The van der Waals surface area contributed by atoms with Crippen molar-refractivity contribution in [2.24, 2.45) is 5.92 Å². The maximum absolute atomic E-state index is 13.2. The van der Waals surface area contributed by atoms with Gasteiger partial charge in [-0.25, -0.2) is 9.59 Å². The number of alkyl carbamates (subject to hydrolysis) is 1. The minimum Gasteiger partial charge on any atom is -0.467 e. The summed E-state index contributed by atoms with van der Waals surface area (Å²) in [4.78, 5) is 39.8. The molecule has 1 N–H and O–H groups in total. The lowest BCUT2D eigenvalue weighted by atomic mass is 9.77. The van der Waals surface area contributed by atoms with Gasteiger partial charge in [0.1, 0.15) is 11.1 Å². The second kappa shape index (κ2) is 7.45. The molecule has 3 atom stereocenters. The zero-order chi connectivity index (χ0) is 20.5. The molecule has 1 aromatic carbocycles. The fraction of sp³-hybridized carbons (Fsp3) is 0.571. The highest BCUT2D eigenvalue weighted by molar-refractivity contribution is 5.99. The fourth-order valence-corrected chi connectivity index (χ4v) is 4.49. The molecule has 2 saturated heterocycles. The number of hydrogen-bond acceptors (Lipinski definition) is 5. The summed E-state index contributed by atoms with van der Waals surface area (Å²) in [6.45, 7) is 5.63. The number of benzene rings is 1. The Morgan fingerprint density at radius 2 is 1.89 bits per heavy atom. The van der Waals surface area contributed by atoms with E-state index >= 15 is 0 Å². The van der Waals surface area contributed by atoms with E-state index in [9.17, 15) is 14.4 Å². The number of amides is 2. The Kier molecular flexibility index (Phi) is 5.37. The first-order valence-electron chi connectivity index (χ1n) is 9.63. The molecule has 0 saturated carbocycles. The average molecular weight is 388 g/mol. The smallest absolute Gasteiger partial charge is 0.407 e. The van der Waals surface area contributed by atoms with Crippen LogP contribution in [0, 0.1) is 5.92 Å². The number of esters is 1. The zero-order valence-electron chi connectivity index (χ0n) is 16.9. The molecule has 0 radical (unpaired) electrons. The predicted octanol–water partition coefficient (Wildman–Crippen LogP) is 2.75. The average Bonchev–Trinajstić information content (AvgIpc) is 3.18. The van der Waals surface area contributed by atoms with E-state index in [0.29, 0.717) is 18.4 Å². The first-order valence-corrected chi connectivity index (χ1v) is 9.63. The maximum Gasteiger partial charge on any atom is 0.407 e. The van der Waals surface area contributed by atoms with Gasteiger partial charge in [-0.05, 0) is 52.2 Å². The molecule has 3 rings (SSSR count). The first-order chi connectivity index (χ1) is 13.2. The van der Waals surface area contributed by atoms with Crippen molar-refractivity contribution in [1.29, 1.82) is 0 Å². The van der Waals surface area contributed by atoms with Crippen molar-refractivity contribution in [1.82, 2.24) is 10.2 Å². The van der Waals surface area contributed by atoms with Crippen LogP contribution in [0.4, 0.5) is 4.79 Å². The number of hydrogen-bond donors (Lipinski definition) is 1. The van der Waals surface area contributed by atoms with E-state index < -0.39 is 23.2 Å². The Bertz CT molecular complexity index is 758. The summed E-state index contributed by atoms with van der Waals surface area (Å²) < 4.78 is 10.4. The highest BCUT2D eigenvalue weighted by Gasteiger charge is 2.64. The standard InChI is InChI=1S/C21H28N2O5/c1-20(2,3)28-19(26)22-13-15-12-16-10-11-21(15,18(25)27-4)23(16)17(24)14-8-6-5-7-9-14/h5-9,15-16H,10-13H2,1-4H3,(H,22,26)/t15-,16+,21-/m0/s1. The van der Waals surface area contributed by atoms with Crippen LogP contribution in [0.1, 0.15) is 50.4 Å². The van der Waals surface area contributed by atoms with Crippen LogP contribution in [0.3, 0.4) is 0 Å². The van der Waals surface area contributed by atoms with Crippen molar-refractivity contribution >= 4 is 18.0 Å². The van der Waals surface area contributed by atoms with E-state index in [4.69, 9.17) is 9.47 Å². The van der Waals surface area contributed by atoms with Crippen LogP contribution >= 0.6 is 0 Å². The summed E-state index contributed by atoms with van der Waals surface area (Å²) in [5.41, 5.74) is -1.11. The number of carbonyl (C=O) groups is 3. The number of fused-ring (bicyclic) bond motifs is 2. The van der Waals surface area contributed by atoms with Crippen LogP contribution in [0.15, 0.2) is 30.3 Å². The minimum absolute atomic E-state index is 0.0442. The summed E-state index contributed by atoms with van der Waals surface area (Å²) in [6.07, 6.45) is 1.39. The number of nitrogens with zero attached hydrogens (tertiary/aromatic N) is 1. The van der Waals surface area contributed by atoms with Gasteiger partial charge in [0.25, 0.3) is 5.91 Å². The molecule has 2 fully saturated rings. The molecular weight excluding hydrogens is 360 g/mol. The molecule has 28 heavy (non-hydrogen) atoms. The van der Waals surface area contributed by atoms with E-state index in [1.54, 1.807) is 49.9 Å². The van der Waals surface area contributed by atoms with Gasteiger partial charge < -0.3 is 19.7 Å². The third kappa shape index (κ3) is 3.57. The highest BCUT2D eigenvalue weighted by atomic mass is 16.6. The van der Waals surface area contributed by atoms with Gasteiger partial charge in [-0.2, -0.15) is 0 Å². The Hall–Kier alpha value is -2.57. The molecule has 152 valence electrons. The van der Waals surface area contributed by atoms with Crippen molar-refractivity contribution in [2.45, 2.75) is 57.2 Å². The third-order valence-electron chi connectivity index (χ3n) is 5.56. The van der Waals surface area contributed by atoms with Crippen LogP contribution in [-0.2, 0) is 14.3 Å². The lowest BCUT2D eigenvalue weighted by Gasteiger charge is -2.36. The molecule has 2 aliphatic heterocycles. The number of carbonyl (C=O) groups excluding carboxylic acids is 3. The van der Waals surface area contributed by atoms with Crippen molar-refractivity contribution in [3.8, 4) is 0 Å². The molecular formula is C21H28N2O5. The summed E-state index contributed by atoms with van der Waals surface area (Å²) in [7, 11) is 1.34. The van der Waals surface area contributed by atoms with E-state index in [0.717, 1.165) is 6.42 Å². The zero-order valence-corrected chi connectivity index (χ0v) is 16.9. The predicted molar refractivity (Wildman–Crippen MR) is 103 cm³/mol. The Morgan fingerprint density at radius 3 is 2.50 bits per heavy atom. The number of rotatable bonds is 4. The van der Waals surface area contributed by atoms with Crippen molar-refractivity contribution in [2.75, 3.05) is 13.7 Å². The summed E-state index contributed by atoms with van der Waals surface area (Å²) in [6, 6.07) is 8.91. The molecule has 2 heterocycles. The van der Waals surface area contributed by atoms with Gasteiger partial charge in [0.15, 0.2) is 0 Å². The summed E-state index contributed by atoms with van der Waals surface area (Å²) >= 11 is 0. The molecule has 1 aromatic rings. The Labute approximate surface area is 165 Å². The van der Waals surface area contributed by atoms with Crippen LogP contribution < -0.4 is 5.32 Å². The van der Waals surface area contributed by atoms with Crippen LogP contribution in [0.25, 0.3) is 0 Å². The summed E-state index contributed by atoms with van der Waals surface area (Å²) in [5.74, 6) is -0.820. The molecule has 7 nitrogen and oxygen atoms in total. The second-order valence-electron chi connectivity index (χ2n) is 8.46. The third-order valence-corrected chi connectivity index (χ3v) is 5.56. The SMILES string of the molecule is COC(=O)[C@]12CC[C@H](C[C@H]1CNC(=O)OC(C)(C)C)N2C(=O)c1ccccc1. The van der Waals surface area contributed by atoms with Crippen LogP contribution in [-0.4, -0.2) is 53.7 Å². The van der Waals surface area contributed by atoms with E-state index in [-0.39, 0.29) is 24.4 Å². The number of ether oxygens (including phenoxy) is 2. The van der Waals surface area contributed by atoms with Gasteiger partial charge >= 0.3 is 12.1 Å². The van der Waals surface area contributed by atoms with Gasteiger partial charge in [0.05, 0.1) is 7.11 Å². The van der Waals surface area contributed by atoms with Gasteiger partial charge in [0, 0.05) is 24.1 Å². The van der Waals surface area contributed by atoms with E-state index in [2.05, 4.69) is 5.32 Å². The largest absolute Gasteiger partial charge is 0.467 e. The second-order valence-corrected chi connectivity index (χ2v) is 8.46. The molecule has 0 aromatic heterocycles. The summed E-state index contributed by atoms with van der Waals surface area (Å²) in [5, 5.41) is 2.76. The lowest BCUT2D eigenvalue weighted by Crippen LogP contribution is -2.57. The van der Waals surface area contributed by atoms with Crippen molar-refractivity contribution in [3.05, 3.63) is 35.9 Å². The molecule has 2 aliphatic rings. The molecule has 0 aliphatic carbocycles. The quantitative estimate of drug-likeness (QED) is 0.802. The monoisotopic (exact) mass is 388 g/mol. The topological polar surface area (TPSA) is 84.9 Å². The van der Waals surface area contributed by atoms with E-state index in [1.165, 1.54) is 7.11 Å². The molecule has 2 bridgehead atoms. The lowest BCUT2D eigenvalue weighted by molar-refractivity contribution is -0.153. The van der Waals surface area contributed by atoms with Gasteiger partial charge in [-0.1, -0.05) is 18.2 Å². The van der Waals surface area contributed by atoms with Crippen molar-refractivity contribution < 1.29 is 23.9 Å². The molecule has 7 heteroatoms. The minimum atomic E-state index is -1.05.